The Balaban J connectivity index is 1.93. The highest BCUT2D eigenvalue weighted by Gasteiger charge is 2.21. The largest absolute Gasteiger partial charge is 0.323 e. The zero-order valence-electron chi connectivity index (χ0n) is 12.1. The molecule has 0 spiro atoms. The predicted molar refractivity (Wildman–Crippen MR) is 85.8 cm³/mol. The number of benzene rings is 2. The number of nitrogens with zero attached hydrogens (tertiary/aromatic N) is 1. The second-order valence-electron chi connectivity index (χ2n) is 5.48. The number of hydrogen-bond donors (Lipinski definition) is 1. The average Bonchev–Trinajstić information content (AvgIpc) is 2.47. The van der Waals surface area contributed by atoms with Crippen molar-refractivity contribution in [1.82, 2.24) is 4.90 Å². The van der Waals surface area contributed by atoms with E-state index in [0.29, 0.717) is 6.54 Å². The quantitative estimate of drug-likeness (QED) is 0.824. The van der Waals surface area contributed by atoms with Crippen molar-refractivity contribution in [3.8, 4) is 0 Å². The first-order valence-electron chi connectivity index (χ1n) is 6.90. The van der Waals surface area contributed by atoms with Crippen LogP contribution in [0.25, 0.3) is 0 Å². The summed E-state index contributed by atoms with van der Waals surface area (Å²) in [6.07, 6.45) is 0. The van der Waals surface area contributed by atoms with E-state index in [-0.39, 0.29) is 11.4 Å². The van der Waals surface area contributed by atoms with Crippen LogP contribution in [0.3, 0.4) is 0 Å². The minimum atomic E-state index is -0.182. The summed E-state index contributed by atoms with van der Waals surface area (Å²) in [6, 6.07) is 14.1. The third-order valence-corrected chi connectivity index (χ3v) is 4.26. The van der Waals surface area contributed by atoms with Crippen molar-refractivity contribution >= 4 is 23.3 Å². The Morgan fingerprint density at radius 1 is 1.19 bits per heavy atom. The predicted octanol–water partition coefficient (Wildman–Crippen LogP) is 4.30. The van der Waals surface area contributed by atoms with Gasteiger partial charge in [-0.25, -0.2) is 4.79 Å². The molecular formula is C17H17ClN2O. The van der Waals surface area contributed by atoms with Crippen LogP contribution in [0.15, 0.2) is 42.5 Å². The van der Waals surface area contributed by atoms with E-state index in [0.717, 1.165) is 22.4 Å². The molecule has 1 aliphatic rings. The summed E-state index contributed by atoms with van der Waals surface area (Å²) < 4.78 is 0. The van der Waals surface area contributed by atoms with Gasteiger partial charge in [0, 0.05) is 19.3 Å². The van der Waals surface area contributed by atoms with Crippen LogP contribution in [0.5, 0.6) is 0 Å². The third kappa shape index (κ3) is 2.74. The van der Waals surface area contributed by atoms with Crippen LogP contribution in [0, 0.1) is 6.92 Å². The third-order valence-electron chi connectivity index (χ3n) is 3.75. The van der Waals surface area contributed by atoms with Crippen molar-refractivity contribution in [3.05, 3.63) is 64.7 Å². The minimum absolute atomic E-state index is 0.0728. The standard InChI is InChI=1S/C17H17ClN2O/c1-11-4-3-5-12(8-11)16(18)13-6-7-15-14(9-13)10-20(2)17(21)19-15/h3-9,16H,10H2,1-2H3,(H,19,21). The fraction of sp³-hybridized carbons (Fsp3) is 0.235. The van der Waals surface area contributed by atoms with Crippen LogP contribution < -0.4 is 5.32 Å². The van der Waals surface area contributed by atoms with Gasteiger partial charge in [-0.1, -0.05) is 42.0 Å². The summed E-state index contributed by atoms with van der Waals surface area (Å²) in [5, 5.41) is 2.69. The Morgan fingerprint density at radius 2 is 1.95 bits per heavy atom. The molecule has 0 bridgehead atoms. The summed E-state index contributed by atoms with van der Waals surface area (Å²) in [5.74, 6) is 0. The molecular weight excluding hydrogens is 284 g/mol. The summed E-state index contributed by atoms with van der Waals surface area (Å²) >= 11 is 6.61. The van der Waals surface area contributed by atoms with E-state index in [2.05, 4.69) is 30.4 Å². The Bertz CT molecular complexity index is 699. The van der Waals surface area contributed by atoms with Crippen molar-refractivity contribution in [1.29, 1.82) is 0 Å². The molecule has 2 aromatic rings. The molecule has 1 unspecified atom stereocenters. The lowest BCUT2D eigenvalue weighted by atomic mass is 9.99. The molecule has 2 aromatic carbocycles. The molecule has 21 heavy (non-hydrogen) atoms. The Morgan fingerprint density at radius 3 is 2.71 bits per heavy atom. The highest BCUT2D eigenvalue weighted by atomic mass is 35.5. The van der Waals surface area contributed by atoms with Gasteiger partial charge in [-0.2, -0.15) is 0 Å². The van der Waals surface area contributed by atoms with Gasteiger partial charge < -0.3 is 10.2 Å². The zero-order valence-corrected chi connectivity index (χ0v) is 12.8. The second kappa shape index (κ2) is 5.41. The van der Waals surface area contributed by atoms with Crippen LogP contribution in [0.4, 0.5) is 10.5 Å². The molecule has 1 N–H and O–H groups in total. The average molecular weight is 301 g/mol. The van der Waals surface area contributed by atoms with E-state index in [1.165, 1.54) is 5.56 Å². The van der Waals surface area contributed by atoms with Gasteiger partial charge in [0.05, 0.1) is 5.38 Å². The van der Waals surface area contributed by atoms with E-state index < -0.39 is 0 Å². The number of carbonyl (C=O) groups excluding carboxylic acids is 1. The Labute approximate surface area is 129 Å². The monoisotopic (exact) mass is 300 g/mol. The first kappa shape index (κ1) is 14.0. The Kier molecular flexibility index (Phi) is 3.60. The number of aryl methyl sites for hydroxylation is 1. The van der Waals surface area contributed by atoms with Crippen LogP contribution in [0.1, 0.15) is 27.6 Å². The van der Waals surface area contributed by atoms with Crippen LogP contribution in [0.2, 0.25) is 0 Å². The van der Waals surface area contributed by atoms with Crippen molar-refractivity contribution in [2.45, 2.75) is 18.8 Å². The number of urea groups is 1. The molecule has 0 saturated heterocycles. The van der Waals surface area contributed by atoms with Crippen LogP contribution in [-0.2, 0) is 6.54 Å². The summed E-state index contributed by atoms with van der Waals surface area (Å²) in [6.45, 7) is 2.66. The lowest BCUT2D eigenvalue weighted by Gasteiger charge is -2.26. The molecule has 0 aliphatic carbocycles. The summed E-state index contributed by atoms with van der Waals surface area (Å²) in [7, 11) is 1.78. The van der Waals surface area contributed by atoms with Gasteiger partial charge in [0.15, 0.2) is 0 Å². The fourth-order valence-corrected chi connectivity index (χ4v) is 2.85. The molecule has 3 rings (SSSR count). The highest BCUT2D eigenvalue weighted by Crippen LogP contribution is 2.33. The van der Waals surface area contributed by atoms with E-state index >= 15 is 0 Å². The normalized spacial score (nSPS) is 15.4. The summed E-state index contributed by atoms with van der Waals surface area (Å²) in [5.41, 5.74) is 5.29. The van der Waals surface area contributed by atoms with Crippen LogP contribution >= 0.6 is 11.6 Å². The van der Waals surface area contributed by atoms with Crippen molar-refractivity contribution in [3.63, 3.8) is 0 Å². The first-order valence-corrected chi connectivity index (χ1v) is 7.34. The second-order valence-corrected chi connectivity index (χ2v) is 5.92. The van der Waals surface area contributed by atoms with Gasteiger partial charge in [0.1, 0.15) is 0 Å². The lowest BCUT2D eigenvalue weighted by molar-refractivity contribution is 0.218. The van der Waals surface area contributed by atoms with Crippen molar-refractivity contribution in [2.24, 2.45) is 0 Å². The number of hydrogen-bond acceptors (Lipinski definition) is 1. The molecule has 3 nitrogen and oxygen atoms in total. The topological polar surface area (TPSA) is 32.3 Å². The van der Waals surface area contributed by atoms with Gasteiger partial charge in [-0.15, -0.1) is 11.6 Å². The van der Waals surface area contributed by atoms with E-state index in [9.17, 15) is 4.79 Å². The van der Waals surface area contributed by atoms with E-state index in [1.807, 2.05) is 24.3 Å². The molecule has 108 valence electrons. The number of rotatable bonds is 2. The number of nitrogens with one attached hydrogen (secondary N) is 1. The highest BCUT2D eigenvalue weighted by molar-refractivity contribution is 6.22. The van der Waals surface area contributed by atoms with Crippen molar-refractivity contribution in [2.75, 3.05) is 12.4 Å². The number of fused-ring (bicyclic) bond motifs is 1. The molecule has 1 aliphatic heterocycles. The van der Waals surface area contributed by atoms with Crippen LogP contribution in [-0.4, -0.2) is 18.0 Å². The maximum atomic E-state index is 11.6. The van der Waals surface area contributed by atoms with Gasteiger partial charge in [-0.05, 0) is 29.7 Å². The number of alkyl halides is 1. The number of halogens is 1. The van der Waals surface area contributed by atoms with Gasteiger partial charge in [0.2, 0.25) is 0 Å². The molecule has 0 aromatic heterocycles. The molecule has 0 radical (unpaired) electrons. The first-order chi connectivity index (χ1) is 10.0. The maximum absolute atomic E-state index is 11.6. The number of amides is 2. The van der Waals surface area contributed by atoms with Crippen molar-refractivity contribution < 1.29 is 4.79 Å². The van der Waals surface area contributed by atoms with Gasteiger partial charge in [-0.3, -0.25) is 0 Å². The molecule has 0 fully saturated rings. The number of anilines is 1. The molecule has 1 heterocycles. The fourth-order valence-electron chi connectivity index (χ4n) is 2.58. The maximum Gasteiger partial charge on any atom is 0.321 e. The van der Waals surface area contributed by atoms with Gasteiger partial charge >= 0.3 is 6.03 Å². The SMILES string of the molecule is Cc1cccc(C(Cl)c2ccc3c(c2)CN(C)C(=O)N3)c1. The minimum Gasteiger partial charge on any atom is -0.323 e. The molecule has 4 heteroatoms. The Hall–Kier alpha value is -2.00. The molecule has 1 atom stereocenters. The molecule has 2 amide bonds. The van der Waals surface area contributed by atoms with E-state index in [4.69, 9.17) is 11.6 Å². The summed E-state index contributed by atoms with van der Waals surface area (Å²) in [4.78, 5) is 13.3. The lowest BCUT2D eigenvalue weighted by Crippen LogP contribution is -2.35. The number of carbonyl (C=O) groups is 1. The smallest absolute Gasteiger partial charge is 0.321 e. The zero-order chi connectivity index (χ0) is 15.0. The van der Waals surface area contributed by atoms with Gasteiger partial charge in [0.25, 0.3) is 0 Å². The van der Waals surface area contributed by atoms with E-state index in [1.54, 1.807) is 11.9 Å². The molecule has 0 saturated carbocycles.